The van der Waals surface area contributed by atoms with Crippen LogP contribution in [0.2, 0.25) is 0 Å². The van der Waals surface area contributed by atoms with Crippen molar-refractivity contribution >= 4 is 11.6 Å². The van der Waals surface area contributed by atoms with Crippen molar-refractivity contribution in [1.82, 2.24) is 4.98 Å². The fourth-order valence-electron chi connectivity index (χ4n) is 2.36. The fourth-order valence-corrected chi connectivity index (χ4v) is 2.36. The van der Waals surface area contributed by atoms with Gasteiger partial charge in [-0.3, -0.25) is 4.79 Å². The normalized spacial score (nSPS) is 14.8. The van der Waals surface area contributed by atoms with Crippen LogP contribution in [0.15, 0.2) is 22.6 Å². The number of hydrogen-bond donors (Lipinski definition) is 1. The minimum atomic E-state index is -0.455. The monoisotopic (exact) mass is 288 g/mol. The quantitative estimate of drug-likeness (QED) is 0.930. The van der Waals surface area contributed by atoms with Gasteiger partial charge in [-0.2, -0.15) is 0 Å². The summed E-state index contributed by atoms with van der Waals surface area (Å²) in [5, 5.41) is 2.55. The van der Waals surface area contributed by atoms with Crippen molar-refractivity contribution in [2.45, 2.75) is 39.0 Å². The second-order valence-electron chi connectivity index (χ2n) is 5.52. The Morgan fingerprint density at radius 2 is 2.14 bits per heavy atom. The third-order valence-corrected chi connectivity index (χ3v) is 3.86. The second kappa shape index (κ2) is 5.31. The smallest absolute Gasteiger partial charge is 0.277 e. The third-order valence-electron chi connectivity index (χ3n) is 3.86. The first-order valence-corrected chi connectivity index (χ1v) is 7.09. The van der Waals surface area contributed by atoms with Crippen molar-refractivity contribution in [1.29, 1.82) is 0 Å². The molecule has 0 unspecified atom stereocenters. The van der Waals surface area contributed by atoms with Crippen LogP contribution in [0, 0.1) is 19.7 Å². The van der Waals surface area contributed by atoms with Gasteiger partial charge >= 0.3 is 0 Å². The van der Waals surface area contributed by atoms with E-state index in [4.69, 9.17) is 4.42 Å². The highest BCUT2D eigenvalue weighted by Crippen LogP contribution is 2.36. The highest BCUT2D eigenvalue weighted by Gasteiger charge is 2.27. The van der Waals surface area contributed by atoms with Crippen LogP contribution in [0.1, 0.15) is 52.9 Å². The fraction of sp³-hybridized carbons (Fsp3) is 0.375. The molecular weight excluding hydrogens is 271 g/mol. The van der Waals surface area contributed by atoms with Gasteiger partial charge in [-0.25, -0.2) is 9.37 Å². The molecule has 0 saturated heterocycles. The van der Waals surface area contributed by atoms with Gasteiger partial charge in [-0.15, -0.1) is 0 Å². The zero-order valence-corrected chi connectivity index (χ0v) is 12.1. The van der Waals surface area contributed by atoms with Crippen LogP contribution in [-0.4, -0.2) is 10.9 Å². The van der Waals surface area contributed by atoms with E-state index in [-0.39, 0.29) is 11.4 Å². The summed E-state index contributed by atoms with van der Waals surface area (Å²) in [6.07, 6.45) is 3.27. The largest absolute Gasteiger partial charge is 0.445 e. The highest BCUT2D eigenvalue weighted by atomic mass is 19.1. The van der Waals surface area contributed by atoms with E-state index in [9.17, 15) is 9.18 Å². The highest BCUT2D eigenvalue weighted by molar-refractivity contribution is 6.03. The van der Waals surface area contributed by atoms with Crippen molar-refractivity contribution in [2.24, 2.45) is 0 Å². The van der Waals surface area contributed by atoms with E-state index in [0.717, 1.165) is 18.4 Å². The molecule has 2 aromatic rings. The Kier molecular flexibility index (Phi) is 3.49. The molecule has 1 N–H and O–H groups in total. The van der Waals surface area contributed by atoms with Gasteiger partial charge in [-0.05, 0) is 44.4 Å². The molecule has 0 atom stereocenters. The van der Waals surface area contributed by atoms with Crippen molar-refractivity contribution in [2.75, 3.05) is 5.32 Å². The molecule has 1 saturated carbocycles. The van der Waals surface area contributed by atoms with E-state index >= 15 is 0 Å². The number of aryl methyl sites for hydroxylation is 2. The summed E-state index contributed by atoms with van der Waals surface area (Å²) in [7, 11) is 0. The topological polar surface area (TPSA) is 55.1 Å². The summed E-state index contributed by atoms with van der Waals surface area (Å²) in [5.74, 6) is 0.518. The maximum Gasteiger partial charge on any atom is 0.277 e. The molecule has 1 aliphatic rings. The number of amides is 1. The second-order valence-corrected chi connectivity index (χ2v) is 5.52. The molecule has 0 bridgehead atoms. The Bertz CT molecular complexity index is 690. The number of benzene rings is 1. The van der Waals surface area contributed by atoms with Crippen LogP contribution >= 0.6 is 0 Å². The molecule has 1 heterocycles. The number of nitrogens with zero attached hydrogens (tertiary/aromatic N) is 1. The lowest BCUT2D eigenvalue weighted by Gasteiger charge is -2.21. The molecule has 0 aliphatic heterocycles. The average molecular weight is 288 g/mol. The van der Waals surface area contributed by atoms with Crippen molar-refractivity contribution < 1.29 is 13.6 Å². The first-order valence-electron chi connectivity index (χ1n) is 7.09. The van der Waals surface area contributed by atoms with E-state index in [2.05, 4.69) is 10.3 Å². The number of aromatic nitrogens is 1. The minimum absolute atomic E-state index is 0.151. The summed E-state index contributed by atoms with van der Waals surface area (Å²) in [4.78, 5) is 16.5. The summed E-state index contributed by atoms with van der Waals surface area (Å²) < 4.78 is 19.3. The Hall–Kier alpha value is -2.17. The third kappa shape index (κ3) is 2.68. The lowest BCUT2D eigenvalue weighted by atomic mass is 9.85. The minimum Gasteiger partial charge on any atom is -0.445 e. The Morgan fingerprint density at radius 3 is 2.76 bits per heavy atom. The summed E-state index contributed by atoms with van der Waals surface area (Å²) >= 11 is 0. The lowest BCUT2D eigenvalue weighted by molar-refractivity contribution is 0.102. The van der Waals surface area contributed by atoms with E-state index in [1.807, 2.05) is 0 Å². The summed E-state index contributed by atoms with van der Waals surface area (Å²) in [6, 6.07) is 4.67. The molecule has 0 spiro atoms. The molecule has 1 aliphatic carbocycles. The first-order chi connectivity index (χ1) is 10.0. The van der Waals surface area contributed by atoms with Gasteiger partial charge in [0.05, 0.1) is 5.69 Å². The van der Waals surface area contributed by atoms with Crippen LogP contribution < -0.4 is 5.32 Å². The summed E-state index contributed by atoms with van der Waals surface area (Å²) in [6.45, 7) is 3.50. The van der Waals surface area contributed by atoms with Crippen LogP contribution in [-0.2, 0) is 0 Å². The molecule has 1 aromatic heterocycles. The number of anilines is 1. The lowest BCUT2D eigenvalue weighted by Crippen LogP contribution is -2.15. The summed E-state index contributed by atoms with van der Waals surface area (Å²) in [5.41, 5.74) is 1.19. The van der Waals surface area contributed by atoms with Crippen LogP contribution in [0.4, 0.5) is 10.1 Å². The van der Waals surface area contributed by atoms with Crippen LogP contribution in [0.3, 0.4) is 0 Å². The Labute approximate surface area is 122 Å². The zero-order chi connectivity index (χ0) is 15.0. The maximum absolute atomic E-state index is 13.8. The Morgan fingerprint density at radius 1 is 1.38 bits per heavy atom. The van der Waals surface area contributed by atoms with Gasteiger partial charge in [0.1, 0.15) is 11.6 Å². The number of carbonyl (C=O) groups is 1. The van der Waals surface area contributed by atoms with Crippen molar-refractivity contribution in [3.05, 3.63) is 46.9 Å². The van der Waals surface area contributed by atoms with E-state index in [0.29, 0.717) is 17.6 Å². The van der Waals surface area contributed by atoms with E-state index in [1.165, 1.54) is 12.5 Å². The number of hydrogen-bond acceptors (Lipinski definition) is 3. The van der Waals surface area contributed by atoms with Gasteiger partial charge < -0.3 is 9.73 Å². The molecular formula is C16H17FN2O2. The molecule has 1 aromatic carbocycles. The Balaban J connectivity index is 1.80. The van der Waals surface area contributed by atoms with E-state index < -0.39 is 11.7 Å². The first kappa shape index (κ1) is 13.8. The molecule has 3 rings (SSSR count). The SMILES string of the molecule is Cc1ccc(NC(=O)c2nc(C3CCC3)oc2C)c(F)c1. The number of rotatable bonds is 3. The van der Waals surface area contributed by atoms with Crippen LogP contribution in [0.5, 0.6) is 0 Å². The molecule has 1 amide bonds. The maximum atomic E-state index is 13.8. The number of oxazole rings is 1. The molecule has 0 radical (unpaired) electrons. The average Bonchev–Trinajstić information content (AvgIpc) is 2.72. The molecule has 21 heavy (non-hydrogen) atoms. The standard InChI is InChI=1S/C16H17FN2O2/c1-9-6-7-13(12(17)8-9)18-15(20)14-10(2)21-16(19-14)11-4-3-5-11/h6-8,11H,3-5H2,1-2H3,(H,18,20). The van der Waals surface area contributed by atoms with Gasteiger partial charge in [0.25, 0.3) is 5.91 Å². The molecule has 110 valence electrons. The number of nitrogens with one attached hydrogen (secondary N) is 1. The van der Waals surface area contributed by atoms with Crippen LogP contribution in [0.25, 0.3) is 0 Å². The van der Waals surface area contributed by atoms with E-state index in [1.54, 1.807) is 26.0 Å². The molecule has 5 heteroatoms. The van der Waals surface area contributed by atoms with Gasteiger partial charge in [-0.1, -0.05) is 12.5 Å². The predicted octanol–water partition coefficient (Wildman–Crippen LogP) is 3.95. The zero-order valence-electron chi connectivity index (χ0n) is 12.1. The van der Waals surface area contributed by atoms with Gasteiger partial charge in [0.2, 0.25) is 0 Å². The predicted molar refractivity (Wildman–Crippen MR) is 76.9 cm³/mol. The molecule has 1 fully saturated rings. The molecule has 4 nitrogen and oxygen atoms in total. The van der Waals surface area contributed by atoms with Crippen molar-refractivity contribution in [3.63, 3.8) is 0 Å². The number of halogens is 1. The van der Waals surface area contributed by atoms with Crippen molar-refractivity contribution in [3.8, 4) is 0 Å². The van der Waals surface area contributed by atoms with Gasteiger partial charge in [0.15, 0.2) is 11.6 Å². The van der Waals surface area contributed by atoms with Gasteiger partial charge in [0, 0.05) is 5.92 Å². The number of carbonyl (C=O) groups excluding carboxylic acids is 1.